The fourth-order valence-electron chi connectivity index (χ4n) is 1.19. The van der Waals surface area contributed by atoms with E-state index in [-0.39, 0.29) is 6.61 Å². The summed E-state index contributed by atoms with van der Waals surface area (Å²) in [4.78, 5) is 0. The lowest BCUT2D eigenvalue weighted by atomic mass is 10.1. The molecule has 0 fully saturated rings. The molecule has 0 heterocycles. The molecular weight excluding hydrogens is 154 g/mol. The molecule has 3 heteroatoms. The van der Waals surface area contributed by atoms with Gasteiger partial charge in [0, 0.05) is 12.6 Å². The lowest BCUT2D eigenvalue weighted by Gasteiger charge is -2.17. The number of hydrogen-bond donors (Lipinski definition) is 3. The van der Waals surface area contributed by atoms with Crippen LogP contribution in [0.3, 0.4) is 0 Å². The van der Waals surface area contributed by atoms with E-state index in [9.17, 15) is 0 Å². The lowest BCUT2D eigenvalue weighted by Crippen LogP contribution is -2.36. The Hall–Kier alpha value is -0.120. The maximum absolute atomic E-state index is 9.03. The predicted molar refractivity (Wildman–Crippen MR) is 50.0 cm³/mol. The minimum absolute atomic E-state index is 0.165. The zero-order chi connectivity index (χ0) is 9.56. The second-order valence-corrected chi connectivity index (χ2v) is 3.78. The van der Waals surface area contributed by atoms with E-state index in [1.54, 1.807) is 0 Å². The van der Waals surface area contributed by atoms with Gasteiger partial charge in [-0.05, 0) is 19.3 Å². The number of rotatable bonds is 6. The highest BCUT2D eigenvalue weighted by Gasteiger charge is 2.06. The highest BCUT2D eigenvalue weighted by Crippen LogP contribution is 2.03. The predicted octanol–water partition coefficient (Wildman–Crippen LogP) is 0.364. The van der Waals surface area contributed by atoms with Crippen LogP contribution in [0.15, 0.2) is 0 Å². The van der Waals surface area contributed by atoms with Crippen LogP contribution < -0.4 is 5.32 Å². The van der Waals surface area contributed by atoms with Gasteiger partial charge in [0.05, 0.1) is 12.7 Å². The Morgan fingerprint density at radius 2 is 1.83 bits per heavy atom. The Balaban J connectivity index is 3.36. The van der Waals surface area contributed by atoms with Gasteiger partial charge in [-0.15, -0.1) is 0 Å². The maximum Gasteiger partial charge on any atom is 0.0895 e. The summed E-state index contributed by atoms with van der Waals surface area (Å²) in [6.07, 6.45) is 0.470. The Morgan fingerprint density at radius 3 is 2.25 bits per heavy atom. The fourth-order valence-corrected chi connectivity index (χ4v) is 1.19. The van der Waals surface area contributed by atoms with Crippen LogP contribution in [0.2, 0.25) is 0 Å². The second-order valence-electron chi connectivity index (χ2n) is 3.78. The average Bonchev–Trinajstić information content (AvgIpc) is 1.99. The first kappa shape index (κ1) is 11.9. The summed E-state index contributed by atoms with van der Waals surface area (Å²) in [5.74, 6) is 0.666. The van der Waals surface area contributed by atoms with Crippen molar-refractivity contribution in [2.75, 3.05) is 13.2 Å². The molecule has 2 atom stereocenters. The van der Waals surface area contributed by atoms with Crippen molar-refractivity contribution in [2.24, 2.45) is 5.92 Å². The third kappa shape index (κ3) is 6.58. The molecule has 3 N–H and O–H groups in total. The largest absolute Gasteiger partial charge is 0.394 e. The molecule has 0 aromatic rings. The van der Waals surface area contributed by atoms with Crippen LogP contribution >= 0.6 is 0 Å². The lowest BCUT2D eigenvalue weighted by molar-refractivity contribution is 0.0917. The minimum Gasteiger partial charge on any atom is -0.394 e. The van der Waals surface area contributed by atoms with Gasteiger partial charge in [0.25, 0.3) is 0 Å². The minimum atomic E-state index is -0.625. The fraction of sp³-hybridized carbons (Fsp3) is 1.00. The topological polar surface area (TPSA) is 52.5 Å². The van der Waals surface area contributed by atoms with Crippen LogP contribution in [0.1, 0.15) is 27.2 Å². The van der Waals surface area contributed by atoms with E-state index in [2.05, 4.69) is 26.1 Å². The first-order valence-corrected chi connectivity index (χ1v) is 4.58. The molecule has 0 aromatic carbocycles. The van der Waals surface area contributed by atoms with E-state index >= 15 is 0 Å². The van der Waals surface area contributed by atoms with Crippen LogP contribution in [-0.2, 0) is 0 Å². The Morgan fingerprint density at radius 1 is 1.25 bits per heavy atom. The smallest absolute Gasteiger partial charge is 0.0895 e. The average molecular weight is 175 g/mol. The maximum atomic E-state index is 9.03. The van der Waals surface area contributed by atoms with Crippen molar-refractivity contribution >= 4 is 0 Å². The summed E-state index contributed by atoms with van der Waals surface area (Å²) in [5.41, 5.74) is 0. The van der Waals surface area contributed by atoms with E-state index < -0.39 is 6.10 Å². The van der Waals surface area contributed by atoms with Crippen molar-refractivity contribution in [1.29, 1.82) is 0 Å². The SMILES string of the molecule is CC(C)C[C@@H](C)NC[C@H](O)CO. The highest BCUT2D eigenvalue weighted by atomic mass is 16.3. The highest BCUT2D eigenvalue weighted by molar-refractivity contribution is 4.65. The first-order chi connectivity index (χ1) is 5.56. The zero-order valence-corrected chi connectivity index (χ0v) is 8.25. The molecule has 0 radical (unpaired) electrons. The van der Waals surface area contributed by atoms with Gasteiger partial charge < -0.3 is 15.5 Å². The Labute approximate surface area is 74.8 Å². The molecule has 0 saturated heterocycles. The molecule has 0 amide bonds. The second kappa shape index (κ2) is 6.40. The van der Waals surface area contributed by atoms with Gasteiger partial charge in [-0.3, -0.25) is 0 Å². The van der Waals surface area contributed by atoms with Gasteiger partial charge in [0.2, 0.25) is 0 Å². The van der Waals surface area contributed by atoms with E-state index in [4.69, 9.17) is 10.2 Å². The molecule has 3 nitrogen and oxygen atoms in total. The summed E-state index contributed by atoms with van der Waals surface area (Å²) >= 11 is 0. The normalized spacial score (nSPS) is 16.5. The molecule has 0 aliphatic carbocycles. The summed E-state index contributed by atoms with van der Waals surface area (Å²) < 4.78 is 0. The molecule has 0 aromatic heterocycles. The molecule has 0 saturated carbocycles. The molecule has 12 heavy (non-hydrogen) atoms. The van der Waals surface area contributed by atoms with Crippen LogP contribution in [0.4, 0.5) is 0 Å². The molecule has 0 aliphatic heterocycles. The Kier molecular flexibility index (Phi) is 6.34. The number of aliphatic hydroxyl groups is 2. The van der Waals surface area contributed by atoms with Gasteiger partial charge >= 0.3 is 0 Å². The molecule has 0 bridgehead atoms. The van der Waals surface area contributed by atoms with Crippen molar-refractivity contribution in [1.82, 2.24) is 5.32 Å². The van der Waals surface area contributed by atoms with Crippen LogP contribution in [0, 0.1) is 5.92 Å². The van der Waals surface area contributed by atoms with Crippen molar-refractivity contribution in [3.05, 3.63) is 0 Å². The number of aliphatic hydroxyl groups excluding tert-OH is 2. The monoisotopic (exact) mass is 175 g/mol. The van der Waals surface area contributed by atoms with Crippen LogP contribution in [0.5, 0.6) is 0 Å². The summed E-state index contributed by atoms with van der Waals surface area (Å²) in [6.45, 7) is 6.73. The third-order valence-electron chi connectivity index (χ3n) is 1.74. The van der Waals surface area contributed by atoms with Crippen molar-refractivity contribution in [2.45, 2.75) is 39.3 Å². The zero-order valence-electron chi connectivity index (χ0n) is 8.25. The van der Waals surface area contributed by atoms with Crippen molar-refractivity contribution in [3.63, 3.8) is 0 Å². The van der Waals surface area contributed by atoms with Crippen molar-refractivity contribution < 1.29 is 10.2 Å². The third-order valence-corrected chi connectivity index (χ3v) is 1.74. The molecular formula is C9H21NO2. The van der Waals surface area contributed by atoms with Crippen molar-refractivity contribution in [3.8, 4) is 0 Å². The van der Waals surface area contributed by atoms with E-state index in [0.717, 1.165) is 6.42 Å². The standard InChI is InChI=1S/C9H21NO2/c1-7(2)4-8(3)10-5-9(12)6-11/h7-12H,4-6H2,1-3H3/t8-,9+/m1/s1. The first-order valence-electron chi connectivity index (χ1n) is 4.58. The van der Waals surface area contributed by atoms with Crippen LogP contribution in [-0.4, -0.2) is 35.5 Å². The van der Waals surface area contributed by atoms with Gasteiger partial charge in [-0.1, -0.05) is 13.8 Å². The molecule has 0 rings (SSSR count). The number of hydrogen-bond acceptors (Lipinski definition) is 3. The Bertz CT molecular complexity index is 107. The molecule has 0 spiro atoms. The van der Waals surface area contributed by atoms with Gasteiger partial charge in [-0.25, -0.2) is 0 Å². The number of nitrogens with one attached hydrogen (secondary N) is 1. The van der Waals surface area contributed by atoms with Gasteiger partial charge in [0.15, 0.2) is 0 Å². The van der Waals surface area contributed by atoms with Crippen LogP contribution in [0.25, 0.3) is 0 Å². The van der Waals surface area contributed by atoms with E-state index in [1.807, 2.05) is 0 Å². The summed E-state index contributed by atoms with van der Waals surface area (Å²) in [7, 11) is 0. The van der Waals surface area contributed by atoms with Gasteiger partial charge in [0.1, 0.15) is 0 Å². The van der Waals surface area contributed by atoms with E-state index in [0.29, 0.717) is 18.5 Å². The molecule has 74 valence electrons. The van der Waals surface area contributed by atoms with Gasteiger partial charge in [-0.2, -0.15) is 0 Å². The quantitative estimate of drug-likeness (QED) is 0.546. The molecule has 0 aliphatic rings. The molecule has 0 unspecified atom stereocenters. The summed E-state index contributed by atoms with van der Waals surface area (Å²) in [5, 5.41) is 20.7. The van der Waals surface area contributed by atoms with E-state index in [1.165, 1.54) is 0 Å². The summed E-state index contributed by atoms with van der Waals surface area (Å²) in [6, 6.07) is 0.409.